The lowest BCUT2D eigenvalue weighted by atomic mass is 10.1. The topological polar surface area (TPSA) is 74.6 Å². The van der Waals surface area contributed by atoms with Crippen LogP contribution >= 0.6 is 12.6 Å². The van der Waals surface area contributed by atoms with Crippen LogP contribution in [0, 0.1) is 5.92 Å². The molecule has 0 saturated heterocycles. The Kier molecular flexibility index (Phi) is 4.69. The number of hydrogen-bond donors (Lipinski definition) is 3. The number of hydrogen-bond acceptors (Lipinski definition) is 3. The predicted molar refractivity (Wildman–Crippen MR) is 41.8 cm³/mol. The molecule has 0 aliphatic carbocycles. The first-order chi connectivity index (χ1) is 5.07. The predicted octanol–water partition coefficient (Wildman–Crippen LogP) is 0.482. The molecule has 0 aromatic heterocycles. The zero-order chi connectivity index (χ0) is 8.85. The quantitative estimate of drug-likeness (QED) is 0.535. The second-order valence-electron chi connectivity index (χ2n) is 2.15. The second kappa shape index (κ2) is 5.01. The number of aliphatic carboxylic acids is 2. The van der Waals surface area contributed by atoms with Gasteiger partial charge in [0.25, 0.3) is 0 Å². The third kappa shape index (κ3) is 4.66. The van der Waals surface area contributed by atoms with E-state index in [2.05, 4.69) is 12.6 Å². The molecule has 4 nitrogen and oxygen atoms in total. The highest BCUT2D eigenvalue weighted by atomic mass is 32.1. The summed E-state index contributed by atoms with van der Waals surface area (Å²) < 4.78 is 0. The largest absolute Gasteiger partial charge is 0.481 e. The van der Waals surface area contributed by atoms with E-state index < -0.39 is 17.9 Å². The van der Waals surface area contributed by atoms with Crippen molar-refractivity contribution in [3.8, 4) is 0 Å². The van der Waals surface area contributed by atoms with Crippen molar-refractivity contribution in [3.63, 3.8) is 0 Å². The van der Waals surface area contributed by atoms with Crippen LogP contribution in [-0.2, 0) is 9.59 Å². The van der Waals surface area contributed by atoms with Gasteiger partial charge in [-0.15, -0.1) is 0 Å². The minimum absolute atomic E-state index is 0.114. The van der Waals surface area contributed by atoms with Crippen molar-refractivity contribution in [2.45, 2.75) is 12.8 Å². The molecule has 0 radical (unpaired) electrons. The molecule has 0 rings (SSSR count). The Hall–Kier alpha value is -0.710. The first kappa shape index (κ1) is 10.3. The Morgan fingerprint density at radius 1 is 1.36 bits per heavy atom. The molecule has 0 unspecified atom stereocenters. The highest BCUT2D eigenvalue weighted by Crippen LogP contribution is 2.08. The van der Waals surface area contributed by atoms with Crippen LogP contribution in [0.25, 0.3) is 0 Å². The number of thiol groups is 1. The van der Waals surface area contributed by atoms with Crippen LogP contribution in [0.5, 0.6) is 0 Å². The minimum Gasteiger partial charge on any atom is -0.481 e. The number of carboxylic acid groups (broad SMARTS) is 2. The van der Waals surface area contributed by atoms with Crippen molar-refractivity contribution in [1.82, 2.24) is 0 Å². The van der Waals surface area contributed by atoms with E-state index in [1.54, 1.807) is 0 Å². The average molecular weight is 178 g/mol. The van der Waals surface area contributed by atoms with Gasteiger partial charge >= 0.3 is 11.9 Å². The van der Waals surface area contributed by atoms with Crippen molar-refractivity contribution in [2.24, 2.45) is 5.92 Å². The van der Waals surface area contributed by atoms with Crippen LogP contribution in [0.3, 0.4) is 0 Å². The molecule has 0 amide bonds. The lowest BCUT2D eigenvalue weighted by Crippen LogP contribution is -2.16. The van der Waals surface area contributed by atoms with Crippen LogP contribution < -0.4 is 0 Å². The fourth-order valence-electron chi connectivity index (χ4n) is 0.591. The zero-order valence-electron chi connectivity index (χ0n) is 5.86. The molecule has 0 heterocycles. The van der Waals surface area contributed by atoms with E-state index in [1.807, 2.05) is 0 Å². The van der Waals surface area contributed by atoms with E-state index in [1.165, 1.54) is 0 Å². The summed E-state index contributed by atoms with van der Waals surface area (Å²) in [5.41, 5.74) is 0. The summed E-state index contributed by atoms with van der Waals surface area (Å²) >= 11 is 3.78. The lowest BCUT2D eigenvalue weighted by Gasteiger charge is -2.05. The summed E-state index contributed by atoms with van der Waals surface area (Å²) in [6.07, 6.45) is 0.0334. The smallest absolute Gasteiger partial charge is 0.307 e. The van der Waals surface area contributed by atoms with Crippen LogP contribution in [0.1, 0.15) is 12.8 Å². The van der Waals surface area contributed by atoms with E-state index in [9.17, 15) is 9.59 Å². The van der Waals surface area contributed by atoms with Crippen molar-refractivity contribution in [1.29, 1.82) is 0 Å². The van der Waals surface area contributed by atoms with Crippen LogP contribution in [0.2, 0.25) is 0 Å². The maximum Gasteiger partial charge on any atom is 0.307 e. The molecule has 64 valence electrons. The monoisotopic (exact) mass is 178 g/mol. The van der Waals surface area contributed by atoms with Crippen LogP contribution in [-0.4, -0.2) is 27.9 Å². The highest BCUT2D eigenvalue weighted by Gasteiger charge is 2.16. The van der Waals surface area contributed by atoms with Crippen LogP contribution in [0.15, 0.2) is 0 Å². The van der Waals surface area contributed by atoms with E-state index in [-0.39, 0.29) is 18.6 Å². The summed E-state index contributed by atoms with van der Waals surface area (Å²) in [6.45, 7) is 0. The second-order valence-corrected chi connectivity index (χ2v) is 2.52. The molecule has 2 N–H and O–H groups in total. The lowest BCUT2D eigenvalue weighted by molar-refractivity contribution is -0.142. The third-order valence-corrected chi connectivity index (χ3v) is 1.72. The molecule has 11 heavy (non-hydrogen) atoms. The molecular formula is C6H10O4S. The van der Waals surface area contributed by atoms with Crippen LogP contribution in [0.4, 0.5) is 0 Å². The van der Waals surface area contributed by atoms with Gasteiger partial charge in [-0.1, -0.05) is 0 Å². The third-order valence-electron chi connectivity index (χ3n) is 1.28. The van der Waals surface area contributed by atoms with Gasteiger partial charge in [0.15, 0.2) is 0 Å². The summed E-state index contributed by atoms with van der Waals surface area (Å²) in [5.74, 6) is -2.42. The van der Waals surface area contributed by atoms with Crippen molar-refractivity contribution in [3.05, 3.63) is 0 Å². The molecule has 0 aliphatic rings. The van der Waals surface area contributed by atoms with Gasteiger partial charge < -0.3 is 10.2 Å². The molecular weight excluding hydrogens is 168 g/mol. The summed E-state index contributed by atoms with van der Waals surface area (Å²) in [4.78, 5) is 20.3. The molecule has 0 aromatic rings. The SMILES string of the molecule is O=C(O)CC[C@H](CS)C(=O)O. The Bertz CT molecular complexity index is 157. The molecule has 1 atom stereocenters. The Morgan fingerprint density at radius 3 is 2.18 bits per heavy atom. The van der Waals surface area contributed by atoms with Gasteiger partial charge in [-0.05, 0) is 6.42 Å². The van der Waals surface area contributed by atoms with E-state index >= 15 is 0 Å². The van der Waals surface area contributed by atoms with E-state index in [0.717, 1.165) is 0 Å². The molecule has 0 saturated carbocycles. The zero-order valence-corrected chi connectivity index (χ0v) is 6.75. The van der Waals surface area contributed by atoms with Gasteiger partial charge in [0.2, 0.25) is 0 Å². The highest BCUT2D eigenvalue weighted by molar-refractivity contribution is 7.80. The molecule has 0 fully saturated rings. The molecule has 0 aliphatic heterocycles. The van der Waals surface area contributed by atoms with Crippen molar-refractivity contribution in [2.75, 3.05) is 5.75 Å². The first-order valence-corrected chi connectivity index (χ1v) is 3.76. The van der Waals surface area contributed by atoms with Crippen molar-refractivity contribution < 1.29 is 19.8 Å². The Morgan fingerprint density at radius 2 is 1.91 bits per heavy atom. The van der Waals surface area contributed by atoms with E-state index in [4.69, 9.17) is 10.2 Å². The fraction of sp³-hybridized carbons (Fsp3) is 0.667. The minimum atomic E-state index is -0.985. The maximum atomic E-state index is 10.3. The van der Waals surface area contributed by atoms with Gasteiger partial charge in [0, 0.05) is 12.2 Å². The molecule has 0 bridgehead atoms. The summed E-state index contributed by atoms with van der Waals surface area (Å²) in [5, 5.41) is 16.7. The Labute approximate surface area is 69.6 Å². The normalized spacial score (nSPS) is 12.5. The van der Waals surface area contributed by atoms with Gasteiger partial charge in [0.1, 0.15) is 0 Å². The number of rotatable bonds is 5. The molecule has 0 spiro atoms. The first-order valence-electron chi connectivity index (χ1n) is 3.13. The summed E-state index contributed by atoms with van der Waals surface area (Å²) in [7, 11) is 0. The van der Waals surface area contributed by atoms with Crippen molar-refractivity contribution >= 4 is 24.6 Å². The maximum absolute atomic E-state index is 10.3. The number of carboxylic acids is 2. The Balaban J connectivity index is 3.70. The van der Waals surface area contributed by atoms with Gasteiger partial charge in [-0.3, -0.25) is 9.59 Å². The van der Waals surface area contributed by atoms with Gasteiger partial charge in [-0.2, -0.15) is 12.6 Å². The van der Waals surface area contributed by atoms with Gasteiger partial charge in [-0.25, -0.2) is 0 Å². The van der Waals surface area contributed by atoms with Gasteiger partial charge in [0.05, 0.1) is 5.92 Å². The number of carbonyl (C=O) groups is 2. The fourth-order valence-corrected chi connectivity index (χ4v) is 0.929. The summed E-state index contributed by atoms with van der Waals surface area (Å²) in [6, 6.07) is 0. The molecule has 5 heteroatoms. The van der Waals surface area contributed by atoms with E-state index in [0.29, 0.717) is 0 Å². The molecule has 0 aromatic carbocycles. The average Bonchev–Trinajstić information content (AvgIpc) is 1.87. The standard InChI is InChI=1S/C6H10O4S/c7-5(8)2-1-4(3-11)6(9)10/h4,11H,1-3H2,(H,7,8)(H,9,10)/t4-/m1/s1.